The van der Waals surface area contributed by atoms with Gasteiger partial charge in [-0.3, -0.25) is 14.4 Å². The fraction of sp³-hybridized carbons (Fsp3) is 0.250. The molecule has 0 aromatic heterocycles. The quantitative estimate of drug-likeness (QED) is 0.668. The van der Waals surface area contributed by atoms with Crippen molar-refractivity contribution in [3.05, 3.63) is 23.3 Å². The first-order valence-electron chi connectivity index (χ1n) is 5.38. The fourth-order valence-electron chi connectivity index (χ4n) is 2.36. The zero-order valence-electron chi connectivity index (χ0n) is 9.24. The number of carbonyl (C=O) groups is 3. The summed E-state index contributed by atoms with van der Waals surface area (Å²) in [6.45, 7) is 2.13. The average Bonchev–Trinajstić information content (AvgIpc) is 2.79. The van der Waals surface area contributed by atoms with Gasteiger partial charge in [-0.15, -0.1) is 0 Å². The van der Waals surface area contributed by atoms with Gasteiger partial charge in [0, 0.05) is 19.2 Å². The molecule has 0 fully saturated rings. The summed E-state index contributed by atoms with van der Waals surface area (Å²) in [6.07, 6.45) is 0.756. The Bertz CT molecular complexity index is 577. The molecule has 5 heteroatoms. The lowest BCUT2D eigenvalue weighted by Crippen LogP contribution is -2.25. The predicted molar refractivity (Wildman–Crippen MR) is 61.1 cm³/mol. The van der Waals surface area contributed by atoms with Crippen LogP contribution in [-0.4, -0.2) is 24.1 Å². The molecular weight excluding hydrogens is 220 g/mol. The number of hydrogen-bond donors (Lipinski definition) is 1. The lowest BCUT2D eigenvalue weighted by molar-refractivity contribution is -0.116. The van der Waals surface area contributed by atoms with Gasteiger partial charge in [0.1, 0.15) is 0 Å². The minimum Gasteiger partial charge on any atom is -0.318 e. The maximum Gasteiger partial charge on any atom is 0.296 e. The maximum absolute atomic E-state index is 11.6. The predicted octanol–water partition coefficient (Wildman–Crippen LogP) is 0.730. The molecule has 3 rings (SSSR count). The number of rotatable bonds is 0. The van der Waals surface area contributed by atoms with Crippen LogP contribution in [-0.2, 0) is 16.0 Å². The molecule has 0 saturated carbocycles. The molecule has 1 aromatic rings. The third-order valence-electron chi connectivity index (χ3n) is 3.19. The zero-order valence-corrected chi connectivity index (χ0v) is 9.24. The second-order valence-electron chi connectivity index (χ2n) is 4.23. The maximum atomic E-state index is 11.6. The first-order valence-corrected chi connectivity index (χ1v) is 5.38. The first-order chi connectivity index (χ1) is 8.08. The van der Waals surface area contributed by atoms with Gasteiger partial charge in [-0.2, -0.15) is 0 Å². The van der Waals surface area contributed by atoms with Gasteiger partial charge in [0.2, 0.25) is 5.91 Å². The number of carbonyl (C=O) groups excluding carboxylic acids is 3. The van der Waals surface area contributed by atoms with Crippen LogP contribution in [0.4, 0.5) is 11.4 Å². The molecule has 0 atom stereocenters. The molecule has 1 aromatic carbocycles. The minimum atomic E-state index is -0.599. The number of benzene rings is 1. The van der Waals surface area contributed by atoms with Crippen molar-refractivity contribution in [3.8, 4) is 0 Å². The summed E-state index contributed by atoms with van der Waals surface area (Å²) >= 11 is 0. The molecule has 0 bridgehead atoms. The van der Waals surface area contributed by atoms with Crippen molar-refractivity contribution in [2.24, 2.45) is 0 Å². The molecule has 5 nitrogen and oxygen atoms in total. The van der Waals surface area contributed by atoms with E-state index < -0.39 is 11.7 Å². The number of nitrogens with zero attached hydrogens (tertiary/aromatic N) is 1. The molecule has 17 heavy (non-hydrogen) atoms. The fourth-order valence-corrected chi connectivity index (χ4v) is 2.36. The Morgan fingerprint density at radius 1 is 1.35 bits per heavy atom. The Morgan fingerprint density at radius 3 is 2.82 bits per heavy atom. The van der Waals surface area contributed by atoms with Crippen molar-refractivity contribution < 1.29 is 14.4 Å². The summed E-state index contributed by atoms with van der Waals surface area (Å²) in [7, 11) is 0. The number of ketones is 1. The Labute approximate surface area is 97.4 Å². The van der Waals surface area contributed by atoms with Crippen molar-refractivity contribution in [3.63, 3.8) is 0 Å². The van der Waals surface area contributed by atoms with Gasteiger partial charge in [0.05, 0.1) is 11.3 Å². The third kappa shape index (κ3) is 1.28. The summed E-state index contributed by atoms with van der Waals surface area (Å²) in [5, 5.41) is 2.53. The smallest absolute Gasteiger partial charge is 0.296 e. The SMILES string of the molecule is CC(=O)N1CCc2cc3c(cc21)C(=O)C(=O)N3. The van der Waals surface area contributed by atoms with Crippen LogP contribution in [0.5, 0.6) is 0 Å². The first kappa shape index (κ1) is 10.0. The van der Waals surface area contributed by atoms with Gasteiger partial charge in [-0.25, -0.2) is 0 Å². The van der Waals surface area contributed by atoms with E-state index in [4.69, 9.17) is 0 Å². The highest BCUT2D eigenvalue weighted by atomic mass is 16.2. The summed E-state index contributed by atoms with van der Waals surface area (Å²) in [4.78, 5) is 35.8. The van der Waals surface area contributed by atoms with Crippen LogP contribution in [0.25, 0.3) is 0 Å². The van der Waals surface area contributed by atoms with Gasteiger partial charge in [-0.05, 0) is 24.1 Å². The Balaban J connectivity index is 2.15. The van der Waals surface area contributed by atoms with Gasteiger partial charge in [0.25, 0.3) is 11.7 Å². The van der Waals surface area contributed by atoms with Crippen LogP contribution in [0.3, 0.4) is 0 Å². The molecule has 0 unspecified atom stereocenters. The normalized spacial score (nSPS) is 16.9. The Morgan fingerprint density at radius 2 is 2.12 bits per heavy atom. The van der Waals surface area contributed by atoms with Crippen molar-refractivity contribution in [1.29, 1.82) is 0 Å². The number of nitrogens with one attached hydrogen (secondary N) is 1. The second-order valence-corrected chi connectivity index (χ2v) is 4.23. The summed E-state index contributed by atoms with van der Waals surface area (Å²) in [6, 6.07) is 3.43. The van der Waals surface area contributed by atoms with Crippen LogP contribution < -0.4 is 10.2 Å². The molecule has 0 saturated heterocycles. The van der Waals surface area contributed by atoms with Crippen LogP contribution in [0, 0.1) is 0 Å². The van der Waals surface area contributed by atoms with Crippen LogP contribution in [0.2, 0.25) is 0 Å². The van der Waals surface area contributed by atoms with E-state index in [-0.39, 0.29) is 5.91 Å². The molecule has 0 spiro atoms. The van der Waals surface area contributed by atoms with Crippen LogP contribution >= 0.6 is 0 Å². The average molecular weight is 230 g/mol. The number of Topliss-reactive ketones (excluding diaryl/α,β-unsaturated/α-hetero) is 1. The van der Waals surface area contributed by atoms with E-state index in [1.165, 1.54) is 6.92 Å². The largest absolute Gasteiger partial charge is 0.318 e. The number of anilines is 2. The van der Waals surface area contributed by atoms with Gasteiger partial charge < -0.3 is 10.2 Å². The van der Waals surface area contributed by atoms with Crippen molar-refractivity contribution in [2.45, 2.75) is 13.3 Å². The van der Waals surface area contributed by atoms with Gasteiger partial charge in [0.15, 0.2) is 0 Å². The lowest BCUT2D eigenvalue weighted by Gasteiger charge is -2.15. The molecule has 2 aliphatic heterocycles. The number of hydrogen-bond acceptors (Lipinski definition) is 3. The summed E-state index contributed by atoms with van der Waals surface area (Å²) < 4.78 is 0. The van der Waals surface area contributed by atoms with Gasteiger partial charge >= 0.3 is 0 Å². The number of fused-ring (bicyclic) bond motifs is 2. The summed E-state index contributed by atoms with van der Waals surface area (Å²) in [5.74, 6) is -1.18. The monoisotopic (exact) mass is 230 g/mol. The molecule has 2 aliphatic rings. The van der Waals surface area contributed by atoms with E-state index in [0.29, 0.717) is 17.8 Å². The van der Waals surface area contributed by atoms with Crippen molar-refractivity contribution in [2.75, 3.05) is 16.8 Å². The van der Waals surface area contributed by atoms with E-state index in [2.05, 4.69) is 5.32 Å². The molecule has 1 N–H and O–H groups in total. The van der Waals surface area contributed by atoms with E-state index in [9.17, 15) is 14.4 Å². The zero-order chi connectivity index (χ0) is 12.2. The highest BCUT2D eigenvalue weighted by Gasteiger charge is 2.32. The molecule has 0 radical (unpaired) electrons. The van der Waals surface area contributed by atoms with Gasteiger partial charge in [-0.1, -0.05) is 0 Å². The van der Waals surface area contributed by atoms with E-state index in [1.807, 2.05) is 0 Å². The molecule has 2 amide bonds. The highest BCUT2D eigenvalue weighted by molar-refractivity contribution is 6.51. The Hall–Kier alpha value is -2.17. The van der Waals surface area contributed by atoms with E-state index in [1.54, 1.807) is 17.0 Å². The molecule has 2 heterocycles. The molecule has 86 valence electrons. The Kier molecular flexibility index (Phi) is 1.86. The van der Waals surface area contributed by atoms with Crippen molar-refractivity contribution in [1.82, 2.24) is 0 Å². The van der Waals surface area contributed by atoms with Crippen LogP contribution in [0.15, 0.2) is 12.1 Å². The lowest BCUT2D eigenvalue weighted by atomic mass is 10.1. The molecule has 0 aliphatic carbocycles. The third-order valence-corrected chi connectivity index (χ3v) is 3.19. The minimum absolute atomic E-state index is 0.0477. The van der Waals surface area contributed by atoms with Crippen LogP contribution in [0.1, 0.15) is 22.8 Å². The topological polar surface area (TPSA) is 66.5 Å². The summed E-state index contributed by atoms with van der Waals surface area (Å²) in [5.41, 5.74) is 2.67. The van der Waals surface area contributed by atoms with E-state index >= 15 is 0 Å². The standard InChI is InChI=1S/C12H10N2O3/c1-6(15)14-3-2-7-4-9-8(5-10(7)14)11(16)12(17)13-9/h4-5H,2-3H2,1H3,(H,13,16,17). The second kappa shape index (κ2) is 3.16. The van der Waals surface area contributed by atoms with E-state index in [0.717, 1.165) is 17.7 Å². The molecular formula is C12H10N2O3. The number of amides is 2. The highest BCUT2D eigenvalue weighted by Crippen LogP contribution is 2.35. The van der Waals surface area contributed by atoms with Crippen molar-refractivity contribution >= 4 is 29.0 Å².